The van der Waals surface area contributed by atoms with Crippen molar-refractivity contribution >= 4 is 43.9 Å². The first-order valence-electron chi connectivity index (χ1n) is 7.10. The highest BCUT2D eigenvalue weighted by atomic mass is 35.5. The number of aryl methyl sites for hydroxylation is 1. The van der Waals surface area contributed by atoms with E-state index in [9.17, 15) is 0 Å². The third-order valence-electron chi connectivity index (χ3n) is 4.20. The quantitative estimate of drug-likeness (QED) is 0.330. The molecule has 0 aliphatic rings. The smallest absolute Gasteiger partial charge is 0.0226 e. The van der Waals surface area contributed by atoms with Gasteiger partial charge in [0.1, 0.15) is 0 Å². The zero-order valence-corrected chi connectivity index (χ0v) is 12.0. The van der Waals surface area contributed by atoms with Gasteiger partial charge in [0.05, 0.1) is 0 Å². The van der Waals surface area contributed by atoms with Gasteiger partial charge in [-0.15, -0.1) is 11.6 Å². The average Bonchev–Trinajstić information content (AvgIpc) is 2.51. The molecule has 0 N–H and O–H groups in total. The molecular weight excluding hydrogens is 264 g/mol. The van der Waals surface area contributed by atoms with Crippen LogP contribution in [0.2, 0.25) is 0 Å². The van der Waals surface area contributed by atoms with Crippen LogP contribution < -0.4 is 0 Å². The van der Waals surface area contributed by atoms with E-state index in [2.05, 4.69) is 54.6 Å². The van der Waals surface area contributed by atoms with Crippen LogP contribution in [0.15, 0.2) is 54.6 Å². The number of rotatable bonds is 3. The maximum atomic E-state index is 5.85. The molecule has 4 aromatic rings. The van der Waals surface area contributed by atoms with Crippen molar-refractivity contribution in [3.63, 3.8) is 0 Å². The van der Waals surface area contributed by atoms with Crippen molar-refractivity contribution in [2.24, 2.45) is 0 Å². The molecule has 0 nitrogen and oxygen atoms in total. The van der Waals surface area contributed by atoms with Gasteiger partial charge < -0.3 is 0 Å². The van der Waals surface area contributed by atoms with Crippen LogP contribution in [-0.4, -0.2) is 5.88 Å². The molecule has 0 aliphatic heterocycles. The molecule has 0 atom stereocenters. The zero-order valence-electron chi connectivity index (χ0n) is 11.2. The molecule has 0 spiro atoms. The van der Waals surface area contributed by atoms with Gasteiger partial charge in [-0.1, -0.05) is 54.6 Å². The lowest BCUT2D eigenvalue weighted by molar-refractivity contribution is 0.937. The predicted molar refractivity (Wildman–Crippen MR) is 89.2 cm³/mol. The van der Waals surface area contributed by atoms with Gasteiger partial charge in [-0.05, 0) is 50.7 Å². The third-order valence-corrected chi connectivity index (χ3v) is 4.47. The summed E-state index contributed by atoms with van der Waals surface area (Å²) in [6.07, 6.45) is 2.09. The summed E-state index contributed by atoms with van der Waals surface area (Å²) >= 11 is 5.85. The summed E-state index contributed by atoms with van der Waals surface area (Å²) in [5.74, 6) is 0.724. The van der Waals surface area contributed by atoms with Crippen molar-refractivity contribution < 1.29 is 0 Å². The molecule has 0 aliphatic carbocycles. The standard InChI is InChI=1S/C19H15Cl/c20-12-2-5-13-6-7-16-9-8-14-3-1-4-15-10-11-17(13)19(16)18(14)15/h1,3-4,6-11H,2,5,12H2. The van der Waals surface area contributed by atoms with Crippen LogP contribution in [0.5, 0.6) is 0 Å². The van der Waals surface area contributed by atoms with E-state index in [0.717, 1.165) is 18.7 Å². The summed E-state index contributed by atoms with van der Waals surface area (Å²) in [6, 6.07) is 20.0. The first-order chi connectivity index (χ1) is 9.88. The molecule has 1 heteroatoms. The Kier molecular flexibility index (Phi) is 2.78. The van der Waals surface area contributed by atoms with Crippen molar-refractivity contribution in [3.05, 3.63) is 60.2 Å². The van der Waals surface area contributed by atoms with Crippen LogP contribution in [0.25, 0.3) is 32.3 Å². The number of hydrogen-bond donors (Lipinski definition) is 0. The minimum absolute atomic E-state index is 0.724. The van der Waals surface area contributed by atoms with E-state index in [4.69, 9.17) is 11.6 Å². The Morgan fingerprint density at radius 2 is 1.35 bits per heavy atom. The van der Waals surface area contributed by atoms with Crippen LogP contribution >= 0.6 is 11.6 Å². The number of hydrogen-bond acceptors (Lipinski definition) is 0. The fourth-order valence-electron chi connectivity index (χ4n) is 3.27. The highest BCUT2D eigenvalue weighted by Crippen LogP contribution is 2.36. The lowest BCUT2D eigenvalue weighted by Crippen LogP contribution is -1.91. The van der Waals surface area contributed by atoms with E-state index in [1.54, 1.807) is 0 Å². The van der Waals surface area contributed by atoms with Crippen LogP contribution in [0.3, 0.4) is 0 Å². The van der Waals surface area contributed by atoms with Crippen molar-refractivity contribution in [2.45, 2.75) is 12.8 Å². The molecule has 0 heterocycles. The summed E-state index contributed by atoms with van der Waals surface area (Å²) in [4.78, 5) is 0. The monoisotopic (exact) mass is 278 g/mol. The van der Waals surface area contributed by atoms with E-state index in [0.29, 0.717) is 0 Å². The van der Waals surface area contributed by atoms with Gasteiger partial charge in [0.2, 0.25) is 0 Å². The Hall–Kier alpha value is -1.79. The Morgan fingerprint density at radius 3 is 2.10 bits per heavy atom. The van der Waals surface area contributed by atoms with Gasteiger partial charge in [-0.2, -0.15) is 0 Å². The van der Waals surface area contributed by atoms with Gasteiger partial charge in [-0.25, -0.2) is 0 Å². The van der Waals surface area contributed by atoms with E-state index >= 15 is 0 Å². The predicted octanol–water partition coefficient (Wildman–Crippen LogP) is 5.76. The second-order valence-electron chi connectivity index (χ2n) is 5.37. The minimum atomic E-state index is 0.724. The summed E-state index contributed by atoms with van der Waals surface area (Å²) < 4.78 is 0. The van der Waals surface area contributed by atoms with Gasteiger partial charge in [0, 0.05) is 5.88 Å². The first kappa shape index (κ1) is 12.0. The Bertz CT molecular complexity index is 876. The van der Waals surface area contributed by atoms with E-state index in [1.807, 2.05) is 0 Å². The molecule has 0 saturated carbocycles. The van der Waals surface area contributed by atoms with E-state index in [-0.39, 0.29) is 0 Å². The number of alkyl halides is 1. The molecule has 4 aromatic carbocycles. The van der Waals surface area contributed by atoms with Crippen LogP contribution in [0, 0.1) is 0 Å². The van der Waals surface area contributed by atoms with Gasteiger partial charge in [0.15, 0.2) is 0 Å². The van der Waals surface area contributed by atoms with E-state index < -0.39 is 0 Å². The third kappa shape index (κ3) is 1.68. The van der Waals surface area contributed by atoms with Crippen molar-refractivity contribution in [1.29, 1.82) is 0 Å². The fourth-order valence-corrected chi connectivity index (χ4v) is 3.40. The van der Waals surface area contributed by atoms with Gasteiger partial charge in [0.25, 0.3) is 0 Å². The van der Waals surface area contributed by atoms with Gasteiger partial charge >= 0.3 is 0 Å². The van der Waals surface area contributed by atoms with Crippen LogP contribution in [0.4, 0.5) is 0 Å². The van der Waals surface area contributed by atoms with Crippen molar-refractivity contribution in [1.82, 2.24) is 0 Å². The molecule has 0 aromatic heterocycles. The summed E-state index contributed by atoms with van der Waals surface area (Å²) in [5, 5.41) is 8.18. The highest BCUT2D eigenvalue weighted by Gasteiger charge is 2.10. The largest absolute Gasteiger partial charge is 0.127 e. The summed E-state index contributed by atoms with van der Waals surface area (Å²) in [7, 11) is 0. The lowest BCUT2D eigenvalue weighted by atomic mass is 9.91. The normalized spacial score (nSPS) is 11.8. The molecule has 20 heavy (non-hydrogen) atoms. The maximum absolute atomic E-state index is 5.85. The Labute approximate surface area is 123 Å². The molecule has 0 fully saturated rings. The second-order valence-corrected chi connectivity index (χ2v) is 5.75. The molecule has 98 valence electrons. The average molecular weight is 279 g/mol. The van der Waals surface area contributed by atoms with Crippen molar-refractivity contribution in [3.8, 4) is 0 Å². The van der Waals surface area contributed by atoms with Crippen LogP contribution in [-0.2, 0) is 6.42 Å². The number of halogens is 1. The molecular formula is C19H15Cl. The summed E-state index contributed by atoms with van der Waals surface area (Å²) in [5.41, 5.74) is 1.41. The molecule has 0 radical (unpaired) electrons. The minimum Gasteiger partial charge on any atom is -0.127 e. The zero-order chi connectivity index (χ0) is 13.5. The number of benzene rings is 4. The Morgan fingerprint density at radius 1 is 0.700 bits per heavy atom. The maximum Gasteiger partial charge on any atom is 0.0226 e. The molecule has 4 rings (SSSR count). The molecule has 0 bridgehead atoms. The molecule has 0 amide bonds. The van der Waals surface area contributed by atoms with Crippen LogP contribution in [0.1, 0.15) is 12.0 Å². The Balaban J connectivity index is 2.14. The van der Waals surface area contributed by atoms with Gasteiger partial charge in [-0.3, -0.25) is 0 Å². The fraction of sp³-hybridized carbons (Fsp3) is 0.158. The molecule has 0 unspecified atom stereocenters. The highest BCUT2D eigenvalue weighted by molar-refractivity contribution is 6.23. The lowest BCUT2D eigenvalue weighted by Gasteiger charge is -2.13. The SMILES string of the molecule is ClCCCc1ccc2ccc3cccc4ccc1c2c34. The molecule has 0 saturated heterocycles. The van der Waals surface area contributed by atoms with E-state index in [1.165, 1.54) is 37.9 Å². The topological polar surface area (TPSA) is 0 Å². The first-order valence-corrected chi connectivity index (χ1v) is 7.63. The second kappa shape index (κ2) is 4.64. The summed E-state index contributed by atoms with van der Waals surface area (Å²) in [6.45, 7) is 0. The van der Waals surface area contributed by atoms with Crippen molar-refractivity contribution in [2.75, 3.05) is 5.88 Å².